The maximum Gasteiger partial charge on any atom is 0.342 e. The summed E-state index contributed by atoms with van der Waals surface area (Å²) < 4.78 is 5.26. The maximum atomic E-state index is 12.6. The molecule has 0 aromatic heterocycles. The van der Waals surface area contributed by atoms with Crippen molar-refractivity contribution in [3.8, 4) is 11.5 Å². The normalized spacial score (nSPS) is 12.4. The van der Waals surface area contributed by atoms with Crippen molar-refractivity contribution in [2.75, 3.05) is 0 Å². The summed E-state index contributed by atoms with van der Waals surface area (Å²) in [6.07, 6.45) is -1.01. The van der Waals surface area contributed by atoms with Gasteiger partial charge in [-0.05, 0) is 40.7 Å². The number of hydrogen-bond acceptors (Lipinski definition) is 5. The monoisotopic (exact) mass is 359 g/mol. The van der Waals surface area contributed by atoms with E-state index < -0.39 is 12.1 Å². The van der Waals surface area contributed by atoms with Crippen LogP contribution in [0.2, 0.25) is 0 Å². The van der Waals surface area contributed by atoms with Gasteiger partial charge in [0.1, 0.15) is 17.1 Å². The first-order valence-corrected chi connectivity index (χ1v) is 8.62. The molecule has 6 nitrogen and oxygen atoms in total. The molecule has 2 N–H and O–H groups in total. The van der Waals surface area contributed by atoms with Crippen LogP contribution in [-0.4, -0.2) is 45.2 Å². The smallest absolute Gasteiger partial charge is 0.342 e. The minimum atomic E-state index is -1.01. The van der Waals surface area contributed by atoms with Crippen molar-refractivity contribution >= 4 is 22.6 Å². The summed E-state index contributed by atoms with van der Waals surface area (Å²) in [5.74, 6) is -1.60. The highest BCUT2D eigenvalue weighted by molar-refractivity contribution is 6.04. The van der Waals surface area contributed by atoms with E-state index in [4.69, 9.17) is 4.74 Å². The van der Waals surface area contributed by atoms with Gasteiger partial charge in [-0.15, -0.1) is 0 Å². The molecule has 1 amide bonds. The predicted octanol–water partition coefficient (Wildman–Crippen LogP) is 3.44. The predicted molar refractivity (Wildman–Crippen MR) is 99.3 cm³/mol. The van der Waals surface area contributed by atoms with Crippen molar-refractivity contribution in [1.82, 2.24) is 4.90 Å². The number of aromatic hydroxyl groups is 2. The Morgan fingerprint density at radius 2 is 1.50 bits per heavy atom. The van der Waals surface area contributed by atoms with E-state index in [1.165, 1.54) is 6.92 Å². The second kappa shape index (κ2) is 7.64. The third-order valence-electron chi connectivity index (χ3n) is 4.21. The van der Waals surface area contributed by atoms with Crippen molar-refractivity contribution in [3.05, 3.63) is 35.9 Å². The molecule has 0 heterocycles. The molecular formula is C20H25NO5. The third kappa shape index (κ3) is 3.74. The SMILES string of the molecule is CC(C)N(C(=O)[C@@H](C)OC(=O)c1cc(O)c2ccccc2c1O)C(C)C. The molecule has 0 radical (unpaired) electrons. The Balaban J connectivity index is 2.29. The van der Waals surface area contributed by atoms with Crippen LogP contribution in [0.3, 0.4) is 0 Å². The zero-order valence-corrected chi connectivity index (χ0v) is 15.7. The molecule has 2 aromatic rings. The highest BCUT2D eigenvalue weighted by Gasteiger charge is 2.29. The van der Waals surface area contributed by atoms with Gasteiger partial charge < -0.3 is 19.8 Å². The minimum Gasteiger partial charge on any atom is -0.507 e. The van der Waals surface area contributed by atoms with Crippen molar-refractivity contribution in [2.45, 2.75) is 52.8 Å². The van der Waals surface area contributed by atoms with Crippen molar-refractivity contribution in [2.24, 2.45) is 0 Å². The fourth-order valence-corrected chi connectivity index (χ4v) is 3.09. The fourth-order valence-electron chi connectivity index (χ4n) is 3.09. The molecular weight excluding hydrogens is 334 g/mol. The second-order valence-electron chi connectivity index (χ2n) is 6.82. The van der Waals surface area contributed by atoms with Crippen LogP contribution < -0.4 is 0 Å². The number of rotatable bonds is 5. The van der Waals surface area contributed by atoms with E-state index >= 15 is 0 Å². The van der Waals surface area contributed by atoms with Crippen LogP contribution in [0.25, 0.3) is 10.8 Å². The summed E-state index contributed by atoms with van der Waals surface area (Å²) >= 11 is 0. The number of carbonyl (C=O) groups excluding carboxylic acids is 2. The summed E-state index contributed by atoms with van der Waals surface area (Å²) in [5.41, 5.74) is -0.179. The number of esters is 1. The van der Waals surface area contributed by atoms with E-state index in [1.807, 2.05) is 27.7 Å². The number of amides is 1. The lowest BCUT2D eigenvalue weighted by atomic mass is 10.0. The molecule has 6 heteroatoms. The number of benzene rings is 2. The first-order valence-electron chi connectivity index (χ1n) is 8.62. The lowest BCUT2D eigenvalue weighted by Gasteiger charge is -2.32. The molecule has 0 aliphatic rings. The Bertz CT molecular complexity index is 820. The average Bonchev–Trinajstić information content (AvgIpc) is 2.57. The third-order valence-corrected chi connectivity index (χ3v) is 4.21. The molecule has 1 atom stereocenters. The van der Waals surface area contributed by atoms with Crippen LogP contribution in [0.4, 0.5) is 0 Å². The minimum absolute atomic E-state index is 0.0400. The Morgan fingerprint density at radius 1 is 0.962 bits per heavy atom. The molecule has 0 fully saturated rings. The zero-order chi connectivity index (χ0) is 19.6. The first kappa shape index (κ1) is 19.6. The number of ether oxygens (including phenoxy) is 1. The molecule has 0 spiro atoms. The molecule has 0 aliphatic carbocycles. The molecule has 0 unspecified atom stereocenters. The topological polar surface area (TPSA) is 87.1 Å². The quantitative estimate of drug-likeness (QED) is 0.631. The van der Waals surface area contributed by atoms with Crippen LogP contribution in [0, 0.1) is 0 Å². The van der Waals surface area contributed by atoms with Crippen LogP contribution in [0.15, 0.2) is 30.3 Å². The summed E-state index contributed by atoms with van der Waals surface area (Å²) in [6, 6.07) is 7.70. The molecule has 140 valence electrons. The molecule has 0 saturated carbocycles. The van der Waals surface area contributed by atoms with Gasteiger partial charge in [-0.3, -0.25) is 4.79 Å². The molecule has 2 aromatic carbocycles. The standard InChI is InChI=1S/C20H25NO5/c1-11(2)21(12(3)4)19(24)13(5)26-20(25)16-10-17(22)14-8-6-7-9-15(14)18(16)23/h6-13,22-23H,1-5H3/t13-/m1/s1. The first-order chi connectivity index (χ1) is 12.1. The number of hydrogen-bond donors (Lipinski definition) is 2. The maximum absolute atomic E-state index is 12.6. The van der Waals surface area contributed by atoms with Crippen LogP contribution >= 0.6 is 0 Å². The summed E-state index contributed by atoms with van der Waals surface area (Å²) in [7, 11) is 0. The van der Waals surface area contributed by atoms with Gasteiger partial charge in [-0.25, -0.2) is 4.79 Å². The number of phenolic OH excluding ortho intramolecular Hbond substituents is 2. The van der Waals surface area contributed by atoms with Gasteiger partial charge >= 0.3 is 5.97 Å². The van der Waals surface area contributed by atoms with Gasteiger partial charge in [0.2, 0.25) is 0 Å². The number of carbonyl (C=O) groups is 2. The average molecular weight is 359 g/mol. The largest absolute Gasteiger partial charge is 0.507 e. The Kier molecular flexibility index (Phi) is 5.75. The Morgan fingerprint density at radius 3 is 2.04 bits per heavy atom. The Labute approximate surface area is 153 Å². The summed E-state index contributed by atoms with van der Waals surface area (Å²) in [6.45, 7) is 9.05. The highest BCUT2D eigenvalue weighted by atomic mass is 16.5. The Hall–Kier alpha value is -2.76. The number of phenols is 2. The van der Waals surface area contributed by atoms with E-state index in [1.54, 1.807) is 29.2 Å². The van der Waals surface area contributed by atoms with Crippen LogP contribution in [-0.2, 0) is 9.53 Å². The molecule has 0 aliphatic heterocycles. The molecule has 0 bridgehead atoms. The van der Waals surface area contributed by atoms with Crippen molar-refractivity contribution < 1.29 is 24.5 Å². The van der Waals surface area contributed by atoms with E-state index in [2.05, 4.69) is 0 Å². The van der Waals surface area contributed by atoms with E-state index in [9.17, 15) is 19.8 Å². The van der Waals surface area contributed by atoms with Gasteiger partial charge in [0.05, 0.1) is 0 Å². The van der Waals surface area contributed by atoms with Crippen molar-refractivity contribution in [3.63, 3.8) is 0 Å². The number of nitrogens with zero attached hydrogens (tertiary/aromatic N) is 1. The summed E-state index contributed by atoms with van der Waals surface area (Å²) in [4.78, 5) is 26.7. The van der Waals surface area contributed by atoms with Gasteiger partial charge in [0, 0.05) is 22.9 Å². The van der Waals surface area contributed by atoms with E-state index in [0.29, 0.717) is 10.8 Å². The van der Waals surface area contributed by atoms with Gasteiger partial charge in [-0.1, -0.05) is 24.3 Å². The van der Waals surface area contributed by atoms with E-state index in [-0.39, 0.29) is 35.1 Å². The zero-order valence-electron chi connectivity index (χ0n) is 15.7. The van der Waals surface area contributed by atoms with Crippen LogP contribution in [0.1, 0.15) is 45.0 Å². The van der Waals surface area contributed by atoms with Crippen LogP contribution in [0.5, 0.6) is 11.5 Å². The molecule has 2 rings (SSSR count). The highest BCUT2D eigenvalue weighted by Crippen LogP contribution is 2.35. The van der Waals surface area contributed by atoms with Crippen molar-refractivity contribution in [1.29, 1.82) is 0 Å². The lowest BCUT2D eigenvalue weighted by molar-refractivity contribution is -0.143. The fraction of sp³-hybridized carbons (Fsp3) is 0.400. The van der Waals surface area contributed by atoms with Gasteiger partial charge in [-0.2, -0.15) is 0 Å². The molecule has 0 saturated heterocycles. The van der Waals surface area contributed by atoms with Gasteiger partial charge in [0.15, 0.2) is 6.10 Å². The lowest BCUT2D eigenvalue weighted by Crippen LogP contribution is -2.47. The second-order valence-corrected chi connectivity index (χ2v) is 6.82. The van der Waals surface area contributed by atoms with E-state index in [0.717, 1.165) is 6.07 Å². The van der Waals surface area contributed by atoms with Gasteiger partial charge in [0.25, 0.3) is 5.91 Å². The summed E-state index contributed by atoms with van der Waals surface area (Å²) in [5, 5.41) is 21.2. The number of fused-ring (bicyclic) bond motifs is 1. The molecule has 26 heavy (non-hydrogen) atoms.